The number of rotatable bonds is 4. The van der Waals surface area contributed by atoms with Crippen LogP contribution in [0.4, 0.5) is 19.0 Å². The van der Waals surface area contributed by atoms with Crippen molar-refractivity contribution in [3.63, 3.8) is 0 Å². The van der Waals surface area contributed by atoms with E-state index >= 15 is 0 Å². The fraction of sp³-hybridized carbons (Fsp3) is 0.333. The molecule has 4 rings (SSSR count). The van der Waals surface area contributed by atoms with Crippen LogP contribution >= 0.6 is 11.3 Å². The molecule has 2 aromatic heterocycles. The normalized spacial score (nSPS) is 15.2. The molecular formula is C18H17F3N4S. The molecule has 0 bridgehead atoms. The molecule has 1 N–H and O–H groups in total. The molecule has 3 aromatic rings. The van der Waals surface area contributed by atoms with Crippen LogP contribution in [-0.2, 0) is 19.1 Å². The zero-order valence-electron chi connectivity index (χ0n) is 13.9. The van der Waals surface area contributed by atoms with Crippen molar-refractivity contribution in [1.82, 2.24) is 14.9 Å². The second-order valence-electron chi connectivity index (χ2n) is 6.23. The molecule has 26 heavy (non-hydrogen) atoms. The third kappa shape index (κ3) is 3.52. The first-order chi connectivity index (χ1) is 12.5. The molecule has 0 amide bonds. The van der Waals surface area contributed by atoms with Gasteiger partial charge in [-0.3, -0.25) is 4.90 Å². The lowest BCUT2D eigenvalue weighted by atomic mass is 10.1. The maximum Gasteiger partial charge on any atom is 0.451 e. The smallest absolute Gasteiger partial charge is 0.368 e. The Morgan fingerprint density at radius 2 is 2.00 bits per heavy atom. The Morgan fingerprint density at radius 3 is 2.85 bits per heavy atom. The highest BCUT2D eigenvalue weighted by molar-refractivity contribution is 7.10. The Balaban J connectivity index is 1.48. The van der Waals surface area contributed by atoms with Crippen LogP contribution in [0.5, 0.6) is 0 Å². The molecule has 1 aliphatic rings. The number of fused-ring (bicyclic) bond motifs is 2. The average Bonchev–Trinajstić information content (AvgIpc) is 3.08. The largest absolute Gasteiger partial charge is 0.451 e. The minimum atomic E-state index is -4.57. The first-order valence-electron chi connectivity index (χ1n) is 8.36. The minimum absolute atomic E-state index is 0.233. The second kappa shape index (κ2) is 6.85. The van der Waals surface area contributed by atoms with E-state index in [2.05, 4.69) is 31.6 Å². The van der Waals surface area contributed by atoms with Crippen LogP contribution in [0.25, 0.3) is 10.9 Å². The SMILES string of the molecule is FC(F)(F)c1nc(NCCN2CCc3sccc3C2)c2ccccc2n1. The van der Waals surface area contributed by atoms with E-state index in [0.717, 1.165) is 26.1 Å². The number of thiophene rings is 1. The number of nitrogens with one attached hydrogen (secondary N) is 1. The predicted molar refractivity (Wildman–Crippen MR) is 96.3 cm³/mol. The van der Waals surface area contributed by atoms with Gasteiger partial charge in [-0.1, -0.05) is 12.1 Å². The fourth-order valence-electron chi connectivity index (χ4n) is 3.17. The van der Waals surface area contributed by atoms with Crippen LogP contribution in [0.1, 0.15) is 16.3 Å². The van der Waals surface area contributed by atoms with Crippen LogP contribution in [0.2, 0.25) is 0 Å². The Labute approximate surface area is 152 Å². The van der Waals surface area contributed by atoms with E-state index in [4.69, 9.17) is 0 Å². The zero-order valence-corrected chi connectivity index (χ0v) is 14.7. The molecule has 0 saturated heterocycles. The first-order valence-corrected chi connectivity index (χ1v) is 9.24. The van der Waals surface area contributed by atoms with Gasteiger partial charge in [0.15, 0.2) is 0 Å². The van der Waals surface area contributed by atoms with Crippen molar-refractivity contribution in [2.75, 3.05) is 25.0 Å². The molecule has 3 heterocycles. The molecule has 1 aromatic carbocycles. The number of alkyl halides is 3. The summed E-state index contributed by atoms with van der Waals surface area (Å²) < 4.78 is 39.2. The van der Waals surface area contributed by atoms with Crippen LogP contribution < -0.4 is 5.32 Å². The van der Waals surface area contributed by atoms with Gasteiger partial charge >= 0.3 is 6.18 Å². The molecule has 0 aliphatic carbocycles. The lowest BCUT2D eigenvalue weighted by Crippen LogP contribution is -2.33. The highest BCUT2D eigenvalue weighted by Crippen LogP contribution is 2.30. The number of benzene rings is 1. The summed E-state index contributed by atoms with van der Waals surface area (Å²) in [6.45, 7) is 3.12. The summed E-state index contributed by atoms with van der Waals surface area (Å²) in [6.07, 6.45) is -3.54. The first kappa shape index (κ1) is 17.2. The highest BCUT2D eigenvalue weighted by atomic mass is 32.1. The monoisotopic (exact) mass is 378 g/mol. The summed E-state index contributed by atoms with van der Waals surface area (Å²) >= 11 is 1.79. The Morgan fingerprint density at radius 1 is 1.15 bits per heavy atom. The summed E-state index contributed by atoms with van der Waals surface area (Å²) in [5, 5.41) is 5.78. The number of anilines is 1. The van der Waals surface area contributed by atoms with Gasteiger partial charge in [0.2, 0.25) is 5.82 Å². The maximum absolute atomic E-state index is 13.1. The number of aromatic nitrogens is 2. The minimum Gasteiger partial charge on any atom is -0.368 e. The molecule has 0 fully saturated rings. The topological polar surface area (TPSA) is 41.1 Å². The van der Waals surface area contributed by atoms with E-state index in [9.17, 15) is 13.2 Å². The van der Waals surface area contributed by atoms with Crippen LogP contribution in [0, 0.1) is 0 Å². The number of nitrogens with zero attached hydrogens (tertiary/aromatic N) is 3. The number of para-hydroxylation sites is 1. The predicted octanol–water partition coefficient (Wildman–Crippen LogP) is 4.18. The lowest BCUT2D eigenvalue weighted by molar-refractivity contribution is -0.144. The van der Waals surface area contributed by atoms with Gasteiger partial charge in [-0.15, -0.1) is 11.3 Å². The molecule has 136 valence electrons. The van der Waals surface area contributed by atoms with Gasteiger partial charge in [0.05, 0.1) is 5.52 Å². The summed E-state index contributed by atoms with van der Waals surface area (Å²) in [5.74, 6) is -0.879. The number of hydrogen-bond acceptors (Lipinski definition) is 5. The summed E-state index contributed by atoms with van der Waals surface area (Å²) in [4.78, 5) is 11.1. The zero-order chi connectivity index (χ0) is 18.1. The van der Waals surface area contributed by atoms with Gasteiger partial charge < -0.3 is 5.32 Å². The van der Waals surface area contributed by atoms with Gasteiger partial charge in [-0.25, -0.2) is 9.97 Å². The Bertz CT molecular complexity index is 922. The molecule has 0 saturated carbocycles. The van der Waals surface area contributed by atoms with E-state index in [1.807, 2.05) is 0 Å². The fourth-order valence-corrected chi connectivity index (χ4v) is 4.06. The Hall–Kier alpha value is -2.19. The summed E-state index contributed by atoms with van der Waals surface area (Å²) in [5.41, 5.74) is 1.64. The molecule has 8 heteroatoms. The molecule has 0 radical (unpaired) electrons. The quantitative estimate of drug-likeness (QED) is 0.740. The molecule has 1 aliphatic heterocycles. The van der Waals surface area contributed by atoms with E-state index < -0.39 is 12.0 Å². The van der Waals surface area contributed by atoms with E-state index in [-0.39, 0.29) is 5.82 Å². The highest BCUT2D eigenvalue weighted by Gasteiger charge is 2.35. The van der Waals surface area contributed by atoms with Crippen molar-refractivity contribution >= 4 is 28.1 Å². The van der Waals surface area contributed by atoms with E-state index in [1.54, 1.807) is 35.6 Å². The molecule has 0 spiro atoms. The average molecular weight is 378 g/mol. The van der Waals surface area contributed by atoms with Crippen molar-refractivity contribution in [1.29, 1.82) is 0 Å². The standard InChI is InChI=1S/C18H17F3N4S/c19-18(20,21)17-23-14-4-2-1-3-13(14)16(24-17)22-7-9-25-8-5-15-12(11-25)6-10-26-15/h1-4,6,10H,5,7-9,11H2,(H,22,23,24). The second-order valence-corrected chi connectivity index (χ2v) is 7.23. The van der Waals surface area contributed by atoms with Crippen LogP contribution in [0.15, 0.2) is 35.7 Å². The molecule has 0 unspecified atom stereocenters. The third-order valence-electron chi connectivity index (χ3n) is 4.46. The van der Waals surface area contributed by atoms with Crippen LogP contribution in [0.3, 0.4) is 0 Å². The summed E-state index contributed by atoms with van der Waals surface area (Å²) in [6, 6.07) is 8.89. The van der Waals surface area contributed by atoms with Crippen molar-refractivity contribution in [2.24, 2.45) is 0 Å². The summed E-state index contributed by atoms with van der Waals surface area (Å²) in [7, 11) is 0. The number of halogens is 3. The molecule has 0 atom stereocenters. The molecule has 4 nitrogen and oxygen atoms in total. The lowest BCUT2D eigenvalue weighted by Gasteiger charge is -2.26. The van der Waals surface area contributed by atoms with E-state index in [0.29, 0.717) is 17.4 Å². The van der Waals surface area contributed by atoms with Gasteiger partial charge in [0.1, 0.15) is 5.82 Å². The Kier molecular flexibility index (Phi) is 4.54. The van der Waals surface area contributed by atoms with Crippen molar-refractivity contribution < 1.29 is 13.2 Å². The van der Waals surface area contributed by atoms with Crippen molar-refractivity contribution in [3.05, 3.63) is 52.0 Å². The number of hydrogen-bond donors (Lipinski definition) is 1. The van der Waals surface area contributed by atoms with Gasteiger partial charge in [-0.2, -0.15) is 13.2 Å². The van der Waals surface area contributed by atoms with Gasteiger partial charge in [0, 0.05) is 36.4 Å². The van der Waals surface area contributed by atoms with Gasteiger partial charge in [-0.05, 0) is 35.6 Å². The van der Waals surface area contributed by atoms with Gasteiger partial charge in [0.25, 0.3) is 0 Å². The maximum atomic E-state index is 13.1. The van der Waals surface area contributed by atoms with Crippen LogP contribution in [-0.4, -0.2) is 34.5 Å². The van der Waals surface area contributed by atoms with E-state index in [1.165, 1.54) is 10.4 Å². The van der Waals surface area contributed by atoms with Crippen molar-refractivity contribution in [3.8, 4) is 0 Å². The third-order valence-corrected chi connectivity index (χ3v) is 5.49. The molecular weight excluding hydrogens is 361 g/mol. The van der Waals surface area contributed by atoms with Crippen molar-refractivity contribution in [2.45, 2.75) is 19.1 Å².